The SMILES string of the molecule is CCCn1c(=O)c(C)nc2cc(-c3noc(-c4cnccn4)n3)ccc21. The molecule has 0 bridgehead atoms. The first-order chi connectivity index (χ1) is 12.7. The Kier molecular flexibility index (Phi) is 4.00. The van der Waals surface area contributed by atoms with Crippen molar-refractivity contribution in [2.24, 2.45) is 0 Å². The minimum absolute atomic E-state index is 0.0587. The van der Waals surface area contributed by atoms with E-state index in [1.54, 1.807) is 30.1 Å². The molecule has 0 aliphatic rings. The fraction of sp³-hybridized carbons (Fsp3) is 0.222. The molecule has 8 nitrogen and oxygen atoms in total. The fourth-order valence-electron chi connectivity index (χ4n) is 2.81. The maximum absolute atomic E-state index is 12.3. The zero-order valence-electron chi connectivity index (χ0n) is 14.4. The lowest BCUT2D eigenvalue weighted by atomic mass is 10.1. The molecule has 26 heavy (non-hydrogen) atoms. The predicted octanol–water partition coefficient (Wildman–Crippen LogP) is 2.62. The van der Waals surface area contributed by atoms with Crippen LogP contribution in [0.5, 0.6) is 0 Å². The van der Waals surface area contributed by atoms with Crippen LogP contribution in [0.4, 0.5) is 0 Å². The summed E-state index contributed by atoms with van der Waals surface area (Å²) >= 11 is 0. The third-order valence-electron chi connectivity index (χ3n) is 4.02. The standard InChI is InChI=1S/C18H16N6O2/c1-3-8-24-15-5-4-12(9-13(15)21-11(2)18(24)25)16-22-17(26-23-16)14-10-19-6-7-20-14/h4-7,9-10H,3,8H2,1-2H3. The summed E-state index contributed by atoms with van der Waals surface area (Å²) in [6.07, 6.45) is 5.57. The van der Waals surface area contributed by atoms with Crippen molar-refractivity contribution in [1.82, 2.24) is 29.7 Å². The first-order valence-corrected chi connectivity index (χ1v) is 8.29. The lowest BCUT2D eigenvalue weighted by Crippen LogP contribution is -2.24. The van der Waals surface area contributed by atoms with Gasteiger partial charge < -0.3 is 9.09 Å². The maximum atomic E-state index is 12.3. The second kappa shape index (κ2) is 6.47. The van der Waals surface area contributed by atoms with Crippen LogP contribution in [-0.2, 0) is 6.54 Å². The van der Waals surface area contributed by atoms with Crippen LogP contribution >= 0.6 is 0 Å². The van der Waals surface area contributed by atoms with E-state index in [-0.39, 0.29) is 5.56 Å². The highest BCUT2D eigenvalue weighted by Gasteiger charge is 2.14. The van der Waals surface area contributed by atoms with Crippen molar-refractivity contribution >= 4 is 11.0 Å². The van der Waals surface area contributed by atoms with Gasteiger partial charge in [-0.2, -0.15) is 4.98 Å². The number of hydrogen-bond donors (Lipinski definition) is 0. The van der Waals surface area contributed by atoms with Crippen molar-refractivity contribution in [2.75, 3.05) is 0 Å². The van der Waals surface area contributed by atoms with Crippen LogP contribution in [0.1, 0.15) is 19.0 Å². The van der Waals surface area contributed by atoms with E-state index < -0.39 is 0 Å². The molecule has 0 N–H and O–H groups in total. The van der Waals surface area contributed by atoms with Gasteiger partial charge in [0.05, 0.1) is 17.2 Å². The summed E-state index contributed by atoms with van der Waals surface area (Å²) in [5.41, 5.74) is 3.19. The molecule has 0 atom stereocenters. The third kappa shape index (κ3) is 2.75. The average Bonchev–Trinajstić information content (AvgIpc) is 3.16. The molecule has 130 valence electrons. The summed E-state index contributed by atoms with van der Waals surface area (Å²) in [6.45, 7) is 4.41. The molecule has 0 aliphatic heterocycles. The van der Waals surface area contributed by atoms with E-state index >= 15 is 0 Å². The molecule has 3 heterocycles. The minimum atomic E-state index is -0.0587. The van der Waals surface area contributed by atoms with Crippen LogP contribution in [-0.4, -0.2) is 29.7 Å². The molecule has 8 heteroatoms. The Bertz CT molecular complexity index is 1130. The number of aromatic nitrogens is 6. The Hall–Kier alpha value is -3.42. The quantitative estimate of drug-likeness (QED) is 0.559. The van der Waals surface area contributed by atoms with E-state index in [9.17, 15) is 4.79 Å². The number of aryl methyl sites for hydroxylation is 2. The van der Waals surface area contributed by atoms with Gasteiger partial charge in [0.1, 0.15) is 11.4 Å². The minimum Gasteiger partial charge on any atom is -0.332 e. The summed E-state index contributed by atoms with van der Waals surface area (Å²) in [4.78, 5) is 29.3. The molecule has 4 rings (SSSR count). The summed E-state index contributed by atoms with van der Waals surface area (Å²) < 4.78 is 7.04. The number of nitrogens with zero attached hydrogens (tertiary/aromatic N) is 6. The Morgan fingerprint density at radius 3 is 2.85 bits per heavy atom. The van der Waals surface area contributed by atoms with Gasteiger partial charge in [0.15, 0.2) is 0 Å². The monoisotopic (exact) mass is 348 g/mol. The topological polar surface area (TPSA) is 99.6 Å². The molecular weight excluding hydrogens is 332 g/mol. The highest BCUT2D eigenvalue weighted by atomic mass is 16.5. The fourth-order valence-corrected chi connectivity index (χ4v) is 2.81. The van der Waals surface area contributed by atoms with Gasteiger partial charge in [0.25, 0.3) is 11.4 Å². The number of hydrogen-bond acceptors (Lipinski definition) is 7. The van der Waals surface area contributed by atoms with Crippen molar-refractivity contribution in [3.8, 4) is 23.0 Å². The Morgan fingerprint density at radius 1 is 1.19 bits per heavy atom. The lowest BCUT2D eigenvalue weighted by molar-refractivity contribution is 0.431. The van der Waals surface area contributed by atoms with E-state index in [1.807, 2.05) is 25.1 Å². The van der Waals surface area contributed by atoms with Crippen molar-refractivity contribution in [2.45, 2.75) is 26.8 Å². The second-order valence-corrected chi connectivity index (χ2v) is 5.87. The molecule has 1 aromatic carbocycles. The molecule has 0 saturated carbocycles. The van der Waals surface area contributed by atoms with E-state index in [0.29, 0.717) is 29.6 Å². The largest absolute Gasteiger partial charge is 0.332 e. The number of benzene rings is 1. The molecule has 0 saturated heterocycles. The smallest absolute Gasteiger partial charge is 0.278 e. The summed E-state index contributed by atoms with van der Waals surface area (Å²) in [5, 5.41) is 4.02. The van der Waals surface area contributed by atoms with Crippen LogP contribution in [0.25, 0.3) is 34.0 Å². The van der Waals surface area contributed by atoms with Crippen molar-refractivity contribution in [1.29, 1.82) is 0 Å². The molecule has 4 aromatic rings. The van der Waals surface area contributed by atoms with Gasteiger partial charge in [-0.05, 0) is 31.5 Å². The van der Waals surface area contributed by atoms with E-state index in [0.717, 1.165) is 23.0 Å². The first kappa shape index (κ1) is 16.1. The van der Waals surface area contributed by atoms with E-state index in [1.165, 1.54) is 0 Å². The highest BCUT2D eigenvalue weighted by molar-refractivity contribution is 5.80. The summed E-state index contributed by atoms with van der Waals surface area (Å²) in [5.74, 6) is 0.730. The number of rotatable bonds is 4. The molecule has 0 radical (unpaired) electrons. The molecule has 0 unspecified atom stereocenters. The average molecular weight is 348 g/mol. The zero-order chi connectivity index (χ0) is 18.1. The summed E-state index contributed by atoms with van der Waals surface area (Å²) in [7, 11) is 0. The van der Waals surface area contributed by atoms with Gasteiger partial charge in [-0.1, -0.05) is 12.1 Å². The van der Waals surface area contributed by atoms with Crippen LogP contribution in [0.15, 0.2) is 46.1 Å². The van der Waals surface area contributed by atoms with Crippen LogP contribution in [0.2, 0.25) is 0 Å². The molecule has 3 aromatic heterocycles. The molecular formula is C18H16N6O2. The van der Waals surface area contributed by atoms with Crippen LogP contribution in [0.3, 0.4) is 0 Å². The molecule has 0 aliphatic carbocycles. The Morgan fingerprint density at radius 2 is 2.08 bits per heavy atom. The van der Waals surface area contributed by atoms with E-state index in [4.69, 9.17) is 4.52 Å². The molecule has 0 spiro atoms. The second-order valence-electron chi connectivity index (χ2n) is 5.87. The van der Waals surface area contributed by atoms with Crippen molar-refractivity contribution in [3.05, 3.63) is 52.8 Å². The van der Waals surface area contributed by atoms with Gasteiger partial charge in [0.2, 0.25) is 5.82 Å². The maximum Gasteiger partial charge on any atom is 0.278 e. The summed E-state index contributed by atoms with van der Waals surface area (Å²) in [6, 6.07) is 5.59. The van der Waals surface area contributed by atoms with E-state index in [2.05, 4.69) is 25.1 Å². The van der Waals surface area contributed by atoms with Gasteiger partial charge >= 0.3 is 0 Å². The Labute approximate surface area is 148 Å². The van der Waals surface area contributed by atoms with Crippen molar-refractivity contribution < 1.29 is 4.52 Å². The van der Waals surface area contributed by atoms with Crippen LogP contribution in [0, 0.1) is 6.92 Å². The predicted molar refractivity (Wildman–Crippen MR) is 95.3 cm³/mol. The van der Waals surface area contributed by atoms with Gasteiger partial charge in [0, 0.05) is 24.5 Å². The first-order valence-electron chi connectivity index (χ1n) is 8.29. The zero-order valence-corrected chi connectivity index (χ0v) is 14.4. The van der Waals surface area contributed by atoms with Crippen LogP contribution < -0.4 is 5.56 Å². The third-order valence-corrected chi connectivity index (χ3v) is 4.02. The van der Waals surface area contributed by atoms with Gasteiger partial charge in [-0.15, -0.1) is 0 Å². The van der Waals surface area contributed by atoms with Gasteiger partial charge in [-0.3, -0.25) is 9.78 Å². The lowest BCUT2D eigenvalue weighted by Gasteiger charge is -2.10. The normalized spacial score (nSPS) is 11.2. The molecule has 0 fully saturated rings. The molecule has 0 amide bonds. The number of fused-ring (bicyclic) bond motifs is 1. The Balaban J connectivity index is 1.80. The van der Waals surface area contributed by atoms with Gasteiger partial charge in [-0.25, -0.2) is 9.97 Å². The highest BCUT2D eigenvalue weighted by Crippen LogP contribution is 2.23. The van der Waals surface area contributed by atoms with Crippen molar-refractivity contribution in [3.63, 3.8) is 0 Å².